The van der Waals surface area contributed by atoms with E-state index in [0.717, 1.165) is 28.9 Å². The van der Waals surface area contributed by atoms with Crippen molar-refractivity contribution in [1.29, 1.82) is 0 Å². The quantitative estimate of drug-likeness (QED) is 0.453. The summed E-state index contributed by atoms with van der Waals surface area (Å²) in [6.07, 6.45) is 10.5. The van der Waals surface area contributed by atoms with E-state index in [0.29, 0.717) is 17.2 Å². The fourth-order valence-electron chi connectivity index (χ4n) is 7.75. The smallest absolute Gasteiger partial charge is 0.128 e. The molecule has 0 saturated heterocycles. The molecule has 0 radical (unpaired) electrons. The average Bonchev–Trinajstić information content (AvgIpc) is 2.77. The molecule has 0 aliphatic heterocycles. The van der Waals surface area contributed by atoms with E-state index in [1.807, 2.05) is 6.21 Å². The maximum Gasteiger partial charge on any atom is 0.128 e. The summed E-state index contributed by atoms with van der Waals surface area (Å²) in [6, 6.07) is 15.4. The number of hydrogen-bond acceptors (Lipinski definition) is 2. The van der Waals surface area contributed by atoms with Gasteiger partial charge in [-0.2, -0.15) is 0 Å². The number of phenolic OH excluding ortho intramolecular Hbond substituents is 1. The van der Waals surface area contributed by atoms with Crippen molar-refractivity contribution in [1.82, 2.24) is 0 Å². The largest absolute Gasteiger partial charge is 0.507 e. The lowest BCUT2D eigenvalue weighted by atomic mass is 9.48. The number of phenols is 1. The highest BCUT2D eigenvalue weighted by Crippen LogP contribution is 2.61. The zero-order valence-corrected chi connectivity index (χ0v) is 22.1. The Balaban J connectivity index is 1.51. The van der Waals surface area contributed by atoms with E-state index in [2.05, 4.69) is 84.0 Å². The van der Waals surface area contributed by atoms with Crippen LogP contribution in [0.5, 0.6) is 5.75 Å². The highest BCUT2D eigenvalue weighted by atomic mass is 16.3. The molecule has 2 nitrogen and oxygen atoms in total. The first kappa shape index (κ1) is 23.6. The Morgan fingerprint density at radius 3 is 1.97 bits per heavy atom. The van der Waals surface area contributed by atoms with Crippen LogP contribution >= 0.6 is 0 Å². The topological polar surface area (TPSA) is 32.6 Å². The summed E-state index contributed by atoms with van der Waals surface area (Å²) in [4.78, 5) is 5.18. The van der Waals surface area contributed by atoms with Crippen molar-refractivity contribution in [3.63, 3.8) is 0 Å². The van der Waals surface area contributed by atoms with E-state index in [4.69, 9.17) is 4.99 Å². The molecule has 0 heterocycles. The molecule has 2 aromatic rings. The van der Waals surface area contributed by atoms with Crippen molar-refractivity contribution in [2.75, 3.05) is 0 Å². The second-order valence-corrected chi connectivity index (χ2v) is 13.4. The lowest BCUT2D eigenvalue weighted by molar-refractivity contribution is -0.0632. The molecule has 1 unspecified atom stereocenters. The van der Waals surface area contributed by atoms with E-state index < -0.39 is 0 Å². The van der Waals surface area contributed by atoms with Crippen molar-refractivity contribution < 1.29 is 5.11 Å². The highest BCUT2D eigenvalue weighted by molar-refractivity contribution is 5.85. The van der Waals surface area contributed by atoms with Crippen molar-refractivity contribution in [2.45, 2.75) is 96.9 Å². The second-order valence-electron chi connectivity index (χ2n) is 13.4. The first-order valence-corrected chi connectivity index (χ1v) is 13.4. The van der Waals surface area contributed by atoms with Crippen molar-refractivity contribution in [3.8, 4) is 5.75 Å². The molecule has 34 heavy (non-hydrogen) atoms. The molecule has 4 fully saturated rings. The maximum atomic E-state index is 11.3. The number of aromatic hydroxyl groups is 1. The van der Waals surface area contributed by atoms with Gasteiger partial charge in [-0.25, -0.2) is 0 Å². The molecule has 182 valence electrons. The van der Waals surface area contributed by atoms with E-state index >= 15 is 0 Å². The molecule has 1 atom stereocenters. The summed E-state index contributed by atoms with van der Waals surface area (Å²) < 4.78 is 0. The lowest BCUT2D eigenvalue weighted by Gasteiger charge is -2.58. The Morgan fingerprint density at radius 1 is 0.882 bits per heavy atom. The number of benzene rings is 2. The van der Waals surface area contributed by atoms with E-state index in [1.54, 1.807) is 0 Å². The summed E-state index contributed by atoms with van der Waals surface area (Å²) in [5.41, 5.74) is 4.44. The number of aliphatic imine (C=N–C) groups is 1. The summed E-state index contributed by atoms with van der Waals surface area (Å²) >= 11 is 0. The molecule has 2 heteroatoms. The van der Waals surface area contributed by atoms with Crippen LogP contribution in [0.2, 0.25) is 0 Å². The summed E-state index contributed by atoms with van der Waals surface area (Å²) in [7, 11) is 0. The molecule has 4 aliphatic rings. The summed E-state index contributed by atoms with van der Waals surface area (Å²) in [5.74, 6) is 3.18. The van der Waals surface area contributed by atoms with Crippen molar-refractivity contribution in [2.24, 2.45) is 28.2 Å². The minimum atomic E-state index is -0.164. The molecule has 4 bridgehead atoms. The first-order valence-electron chi connectivity index (χ1n) is 13.4. The monoisotopic (exact) mass is 457 g/mol. The Bertz CT molecular complexity index is 1040. The fourth-order valence-corrected chi connectivity index (χ4v) is 7.75. The van der Waals surface area contributed by atoms with Crippen molar-refractivity contribution >= 4 is 6.21 Å². The molecular weight excluding hydrogens is 414 g/mol. The Hall–Kier alpha value is -2.09. The number of rotatable bonds is 5. The minimum Gasteiger partial charge on any atom is -0.507 e. The van der Waals surface area contributed by atoms with Gasteiger partial charge in [-0.1, -0.05) is 71.0 Å². The van der Waals surface area contributed by atoms with Gasteiger partial charge < -0.3 is 5.11 Å². The molecular formula is C32H43NO. The molecule has 2 aromatic carbocycles. The summed E-state index contributed by atoms with van der Waals surface area (Å²) in [5, 5.41) is 11.3. The molecule has 4 saturated carbocycles. The van der Waals surface area contributed by atoms with Gasteiger partial charge in [-0.05, 0) is 91.2 Å². The van der Waals surface area contributed by atoms with Gasteiger partial charge >= 0.3 is 0 Å². The Kier molecular flexibility index (Phi) is 5.73. The van der Waals surface area contributed by atoms with Gasteiger partial charge in [-0.3, -0.25) is 4.99 Å². The van der Waals surface area contributed by atoms with Crippen LogP contribution in [0.25, 0.3) is 0 Å². The zero-order valence-electron chi connectivity index (χ0n) is 22.1. The standard InChI is InChI=1S/C32H43NO/c1-21(32-17-22-12-23(18-32)14-24(13-22)19-32)33-20-25-15-27(16-28(29(25)34)30(2,3)4)31(5,6)26-10-8-7-9-11-26/h7-11,15-16,20-24,34H,12-14,17-19H2,1-6H3. The first-order chi connectivity index (χ1) is 16.0. The lowest BCUT2D eigenvalue weighted by Crippen LogP contribution is -2.50. The van der Waals surface area contributed by atoms with Crippen LogP contribution in [0.15, 0.2) is 47.5 Å². The van der Waals surface area contributed by atoms with Crippen LogP contribution in [-0.4, -0.2) is 17.4 Å². The third-order valence-electron chi connectivity index (χ3n) is 9.57. The van der Waals surface area contributed by atoms with E-state index in [1.165, 1.54) is 49.7 Å². The molecule has 4 aliphatic carbocycles. The maximum absolute atomic E-state index is 11.3. The van der Waals surface area contributed by atoms with Crippen LogP contribution in [0.3, 0.4) is 0 Å². The van der Waals surface area contributed by atoms with E-state index in [-0.39, 0.29) is 10.8 Å². The summed E-state index contributed by atoms with van der Waals surface area (Å²) in [6.45, 7) is 13.4. The Morgan fingerprint density at radius 2 is 1.44 bits per heavy atom. The van der Waals surface area contributed by atoms with Gasteiger partial charge in [-0.15, -0.1) is 0 Å². The molecule has 1 N–H and O–H groups in total. The fraction of sp³-hybridized carbons (Fsp3) is 0.594. The van der Waals surface area contributed by atoms with Crippen LogP contribution in [0, 0.1) is 23.2 Å². The Labute approximate surface area is 206 Å². The zero-order chi connectivity index (χ0) is 24.3. The molecule has 0 amide bonds. The average molecular weight is 458 g/mol. The molecule has 0 aromatic heterocycles. The van der Waals surface area contributed by atoms with Crippen LogP contribution in [0.1, 0.15) is 102 Å². The highest BCUT2D eigenvalue weighted by Gasteiger charge is 2.53. The van der Waals surface area contributed by atoms with Gasteiger partial charge in [0.2, 0.25) is 0 Å². The van der Waals surface area contributed by atoms with Gasteiger partial charge in [0.1, 0.15) is 5.75 Å². The number of nitrogens with zero attached hydrogens (tertiary/aromatic N) is 1. The van der Waals surface area contributed by atoms with Crippen LogP contribution < -0.4 is 0 Å². The van der Waals surface area contributed by atoms with Gasteiger partial charge in [0.15, 0.2) is 0 Å². The predicted molar refractivity (Wildman–Crippen MR) is 143 cm³/mol. The second kappa shape index (κ2) is 8.25. The van der Waals surface area contributed by atoms with Gasteiger partial charge in [0.25, 0.3) is 0 Å². The number of hydrogen-bond donors (Lipinski definition) is 1. The minimum absolute atomic E-state index is 0.152. The molecule has 6 rings (SSSR count). The SMILES string of the molecule is CC(N=Cc1cc(C(C)(C)c2ccccc2)cc(C(C)(C)C)c1O)C12CC3CC(CC(C3)C1)C2. The third kappa shape index (κ3) is 4.12. The van der Waals surface area contributed by atoms with Crippen LogP contribution in [-0.2, 0) is 10.8 Å². The predicted octanol–water partition coefficient (Wildman–Crippen LogP) is 8.04. The van der Waals surface area contributed by atoms with Crippen LogP contribution in [0.4, 0.5) is 0 Å². The van der Waals surface area contributed by atoms with Gasteiger partial charge in [0.05, 0.1) is 6.04 Å². The van der Waals surface area contributed by atoms with E-state index in [9.17, 15) is 5.11 Å². The third-order valence-corrected chi connectivity index (χ3v) is 9.57. The molecule has 0 spiro atoms. The van der Waals surface area contributed by atoms with Crippen molar-refractivity contribution in [3.05, 3.63) is 64.7 Å². The van der Waals surface area contributed by atoms with Gasteiger partial charge in [0, 0.05) is 22.8 Å². The normalized spacial score (nSPS) is 29.6.